The van der Waals surface area contributed by atoms with Crippen LogP contribution < -0.4 is 11.1 Å². The van der Waals surface area contributed by atoms with Gasteiger partial charge in [-0.15, -0.1) is 11.3 Å². The van der Waals surface area contributed by atoms with Crippen LogP contribution in [0.5, 0.6) is 0 Å². The van der Waals surface area contributed by atoms with Gasteiger partial charge in [0.05, 0.1) is 0 Å². The molecule has 9 nitrogen and oxygen atoms in total. The predicted octanol–water partition coefficient (Wildman–Crippen LogP) is -1.11. The quantitative estimate of drug-likeness (QED) is 0.262. The van der Waals surface area contributed by atoms with Crippen molar-refractivity contribution < 1.29 is 24.3 Å². The van der Waals surface area contributed by atoms with Crippen LogP contribution in [0.3, 0.4) is 0 Å². The Morgan fingerprint density at radius 2 is 2.33 bits per heavy atom. The fourth-order valence-electron chi connectivity index (χ4n) is 0.954. The zero-order valence-corrected chi connectivity index (χ0v) is 11.0. The molecule has 0 atom stereocenters. The van der Waals surface area contributed by atoms with Crippen LogP contribution in [0.1, 0.15) is 5.69 Å². The number of nitrogens with two attached hydrogens (primary N) is 1. The third kappa shape index (κ3) is 4.51. The van der Waals surface area contributed by atoms with Crippen LogP contribution >= 0.6 is 19.3 Å². The first-order valence-corrected chi connectivity index (χ1v) is 7.21. The van der Waals surface area contributed by atoms with Crippen molar-refractivity contribution in [1.29, 1.82) is 0 Å². The number of nitrogens with one attached hydrogen (secondary N) is 1. The second-order valence-corrected chi connectivity index (χ2v) is 5.64. The average molecular weight is 295 g/mol. The van der Waals surface area contributed by atoms with E-state index in [0.717, 1.165) is 11.3 Å². The Bertz CT molecular complexity index is 457. The number of carbonyl (C=O) groups excluding carboxylic acids is 1. The molecule has 0 fully saturated rings. The van der Waals surface area contributed by atoms with Crippen LogP contribution in [-0.2, 0) is 9.63 Å². The van der Waals surface area contributed by atoms with Gasteiger partial charge in [0.15, 0.2) is 10.8 Å². The maximum atomic E-state index is 11.7. The van der Waals surface area contributed by atoms with Gasteiger partial charge in [-0.25, -0.2) is 4.98 Å². The number of nitrogen functional groups attached to an aromatic ring is 1. The molecule has 1 amide bonds. The van der Waals surface area contributed by atoms with Crippen LogP contribution in [0.25, 0.3) is 0 Å². The van der Waals surface area contributed by atoms with E-state index in [2.05, 4.69) is 20.3 Å². The lowest BCUT2D eigenvalue weighted by Crippen LogP contribution is -2.33. The summed E-state index contributed by atoms with van der Waals surface area (Å²) in [5.74, 6) is -0.774. The van der Waals surface area contributed by atoms with Gasteiger partial charge in [0.25, 0.3) is 5.91 Å². The molecule has 0 radical (unpaired) electrons. The number of amides is 1. The number of carbonyl (C=O) groups is 1. The molecule has 6 N–H and O–H groups in total. The van der Waals surface area contributed by atoms with Crippen molar-refractivity contribution in [2.24, 2.45) is 5.16 Å². The van der Waals surface area contributed by atoms with Gasteiger partial charge in [-0.1, -0.05) is 5.16 Å². The zero-order chi connectivity index (χ0) is 13.8. The van der Waals surface area contributed by atoms with Crippen molar-refractivity contribution in [2.75, 3.05) is 19.1 Å². The first-order valence-electron chi connectivity index (χ1n) is 4.50. The van der Waals surface area contributed by atoms with Crippen LogP contribution in [0.4, 0.5) is 5.13 Å². The zero-order valence-electron chi connectivity index (χ0n) is 9.27. The minimum atomic E-state index is -4.08. The number of nitrogens with zero attached hydrogens (tertiary/aromatic N) is 2. The molecule has 0 spiro atoms. The Morgan fingerprint density at radius 1 is 1.67 bits per heavy atom. The molecule has 0 aliphatic heterocycles. The highest BCUT2D eigenvalue weighted by Crippen LogP contribution is 2.42. The molecule has 0 saturated heterocycles. The monoisotopic (exact) mass is 295 g/mol. The fourth-order valence-corrected chi connectivity index (χ4v) is 1.86. The molecule has 0 aromatic carbocycles. The molecule has 18 heavy (non-hydrogen) atoms. The summed E-state index contributed by atoms with van der Waals surface area (Å²) < 4.78 is 0. The number of rotatable bonds is 5. The van der Waals surface area contributed by atoms with Gasteiger partial charge in [0, 0.05) is 5.38 Å². The standard InChI is InChI=1S/C7H11N4O5PS/c1-16-11-5(4-2-18-7(8)10-4)6(12)9-3-17(13,14)15/h2,13-15H,3H2,1H3,(H2-,8,9,10,12)/p+1/b11-5-. The number of hydrogen-bond donors (Lipinski definition) is 5. The minimum Gasteiger partial charge on any atom is -0.398 e. The van der Waals surface area contributed by atoms with E-state index in [4.69, 9.17) is 20.4 Å². The van der Waals surface area contributed by atoms with Gasteiger partial charge in [-0.2, -0.15) is 14.7 Å². The SMILES string of the molecule is CO/N=C(\C(=O)NC[P+](O)(O)O)c1csc(N)n1. The van der Waals surface area contributed by atoms with E-state index in [1.165, 1.54) is 12.5 Å². The van der Waals surface area contributed by atoms with Crippen molar-refractivity contribution in [3.8, 4) is 0 Å². The van der Waals surface area contributed by atoms with Gasteiger partial charge in [-0.05, 0) is 0 Å². The summed E-state index contributed by atoms with van der Waals surface area (Å²) in [4.78, 5) is 46.3. The van der Waals surface area contributed by atoms with Crippen molar-refractivity contribution in [1.82, 2.24) is 10.3 Å². The van der Waals surface area contributed by atoms with Crippen molar-refractivity contribution in [3.63, 3.8) is 0 Å². The molecule has 1 rings (SSSR count). The van der Waals surface area contributed by atoms with E-state index in [0.29, 0.717) is 0 Å². The predicted molar refractivity (Wildman–Crippen MR) is 66.7 cm³/mol. The molecule has 0 aliphatic carbocycles. The summed E-state index contributed by atoms with van der Waals surface area (Å²) in [7, 11) is -2.84. The highest BCUT2D eigenvalue weighted by Gasteiger charge is 2.31. The van der Waals surface area contributed by atoms with Crippen LogP contribution in [-0.4, -0.2) is 44.7 Å². The van der Waals surface area contributed by atoms with Crippen LogP contribution in [0, 0.1) is 0 Å². The molecule has 0 aliphatic rings. The largest absolute Gasteiger partial charge is 0.424 e. The van der Waals surface area contributed by atoms with Crippen LogP contribution in [0.15, 0.2) is 10.5 Å². The summed E-state index contributed by atoms with van der Waals surface area (Å²) >= 11 is 1.11. The molecular weight excluding hydrogens is 283 g/mol. The number of oxime groups is 1. The van der Waals surface area contributed by atoms with E-state index in [9.17, 15) is 4.79 Å². The number of thiazole rings is 1. The Kier molecular flexibility index (Phi) is 4.93. The van der Waals surface area contributed by atoms with Gasteiger partial charge in [0.2, 0.25) is 6.29 Å². The molecule has 0 bridgehead atoms. The van der Waals surface area contributed by atoms with Crippen molar-refractivity contribution in [2.45, 2.75) is 0 Å². The van der Waals surface area contributed by atoms with E-state index in [1.54, 1.807) is 0 Å². The Hall–Kier alpha value is -1.32. The molecule has 11 heteroatoms. The highest BCUT2D eigenvalue weighted by molar-refractivity contribution is 7.58. The normalized spacial score (nSPS) is 12.3. The van der Waals surface area contributed by atoms with E-state index in [1.807, 2.05) is 0 Å². The summed E-state index contributed by atoms with van der Waals surface area (Å²) in [6.07, 6.45) is -0.686. The average Bonchev–Trinajstić information content (AvgIpc) is 2.68. The number of aromatic nitrogens is 1. The Balaban J connectivity index is 2.81. The first-order chi connectivity index (χ1) is 8.33. The van der Waals surface area contributed by atoms with E-state index < -0.39 is 20.1 Å². The molecule has 0 saturated carbocycles. The number of anilines is 1. The second kappa shape index (κ2) is 6.03. The summed E-state index contributed by atoms with van der Waals surface area (Å²) in [5.41, 5.74) is 5.43. The molecule has 1 aromatic rings. The molecule has 1 heterocycles. The van der Waals surface area contributed by atoms with E-state index >= 15 is 0 Å². The van der Waals surface area contributed by atoms with Gasteiger partial charge in [-0.3, -0.25) is 4.79 Å². The van der Waals surface area contributed by atoms with Crippen molar-refractivity contribution >= 4 is 36.0 Å². The van der Waals surface area contributed by atoms with Crippen molar-refractivity contribution in [3.05, 3.63) is 11.1 Å². The third-order valence-corrected chi connectivity index (χ3v) is 2.87. The highest BCUT2D eigenvalue weighted by atomic mass is 32.1. The molecular formula is C7H12N4O5PS+. The molecule has 100 valence electrons. The van der Waals surface area contributed by atoms with Gasteiger partial charge < -0.3 is 15.9 Å². The Labute approximate surface area is 106 Å². The summed E-state index contributed by atoms with van der Waals surface area (Å²) in [6.45, 7) is 0. The summed E-state index contributed by atoms with van der Waals surface area (Å²) in [5, 5.41) is 7.30. The van der Waals surface area contributed by atoms with E-state index in [-0.39, 0.29) is 16.5 Å². The maximum Gasteiger partial charge on any atom is 0.424 e. The Morgan fingerprint density at radius 3 is 2.78 bits per heavy atom. The van der Waals surface area contributed by atoms with Crippen LogP contribution in [0.2, 0.25) is 0 Å². The third-order valence-electron chi connectivity index (χ3n) is 1.61. The lowest BCUT2D eigenvalue weighted by atomic mass is 10.3. The lowest BCUT2D eigenvalue weighted by molar-refractivity contribution is -0.114. The topological polar surface area (TPSA) is 150 Å². The van der Waals surface area contributed by atoms with Gasteiger partial charge in [0.1, 0.15) is 12.8 Å². The first kappa shape index (κ1) is 14.7. The molecule has 1 aromatic heterocycles. The lowest BCUT2D eigenvalue weighted by Gasteiger charge is -2.06. The maximum absolute atomic E-state index is 11.7. The van der Waals surface area contributed by atoms with Gasteiger partial charge >= 0.3 is 7.94 Å². The summed E-state index contributed by atoms with van der Waals surface area (Å²) in [6, 6.07) is 0. The number of hydrogen-bond acceptors (Lipinski definition) is 9. The minimum absolute atomic E-state index is 0.182. The molecule has 0 unspecified atom stereocenters. The fraction of sp³-hybridized carbons (Fsp3) is 0.286. The smallest absolute Gasteiger partial charge is 0.398 e. The second-order valence-electron chi connectivity index (χ2n) is 3.05.